The zero-order chi connectivity index (χ0) is 10.5. The fraction of sp³-hybridized carbons (Fsp3) is 0.417. The molecule has 15 heavy (non-hydrogen) atoms. The van der Waals surface area contributed by atoms with Gasteiger partial charge in [0.2, 0.25) is 0 Å². The predicted molar refractivity (Wildman–Crippen MR) is 55.7 cm³/mol. The van der Waals surface area contributed by atoms with Crippen LogP contribution in [0.5, 0.6) is 0 Å². The Balaban J connectivity index is 1.72. The van der Waals surface area contributed by atoms with Crippen LogP contribution in [0.2, 0.25) is 0 Å². The van der Waals surface area contributed by atoms with Crippen LogP contribution in [0.25, 0.3) is 0 Å². The van der Waals surface area contributed by atoms with E-state index in [0.717, 1.165) is 5.56 Å². The molecule has 1 aromatic rings. The number of hydrogen-bond acceptors (Lipinski definition) is 3. The maximum atomic E-state index is 11.5. The van der Waals surface area contributed by atoms with Crippen LogP contribution in [0.4, 0.5) is 0 Å². The Morgan fingerprint density at radius 3 is 2.67 bits per heavy atom. The Kier molecular flexibility index (Phi) is 3.48. The molecule has 1 aliphatic heterocycles. The van der Waals surface area contributed by atoms with E-state index in [1.54, 1.807) is 0 Å². The SMILES string of the molecule is O=C(COC1COC1)Cc1ccccc1. The molecule has 0 bridgehead atoms. The van der Waals surface area contributed by atoms with Gasteiger partial charge in [0, 0.05) is 6.42 Å². The molecule has 0 aromatic heterocycles. The van der Waals surface area contributed by atoms with Gasteiger partial charge >= 0.3 is 0 Å². The van der Waals surface area contributed by atoms with Crippen molar-refractivity contribution in [1.29, 1.82) is 0 Å². The van der Waals surface area contributed by atoms with Gasteiger partial charge in [0.25, 0.3) is 0 Å². The van der Waals surface area contributed by atoms with E-state index in [0.29, 0.717) is 19.6 Å². The Morgan fingerprint density at radius 2 is 2.07 bits per heavy atom. The van der Waals surface area contributed by atoms with Crippen molar-refractivity contribution in [3.8, 4) is 0 Å². The van der Waals surface area contributed by atoms with Crippen LogP contribution in [0.1, 0.15) is 5.56 Å². The average molecular weight is 206 g/mol. The Bertz CT molecular complexity index is 317. The van der Waals surface area contributed by atoms with Crippen LogP contribution in [0, 0.1) is 0 Å². The molecule has 1 heterocycles. The van der Waals surface area contributed by atoms with Crippen molar-refractivity contribution in [3.63, 3.8) is 0 Å². The third kappa shape index (κ3) is 3.15. The number of ether oxygens (including phenoxy) is 2. The van der Waals surface area contributed by atoms with Crippen molar-refractivity contribution in [3.05, 3.63) is 35.9 Å². The van der Waals surface area contributed by atoms with Crippen molar-refractivity contribution >= 4 is 5.78 Å². The molecule has 0 saturated carbocycles. The predicted octanol–water partition coefficient (Wildman–Crippen LogP) is 1.21. The Hall–Kier alpha value is -1.19. The van der Waals surface area contributed by atoms with Crippen LogP contribution < -0.4 is 0 Å². The number of Topliss-reactive ketones (excluding diaryl/α,β-unsaturated/α-hetero) is 1. The Morgan fingerprint density at radius 1 is 1.33 bits per heavy atom. The minimum atomic E-state index is 0.119. The van der Waals surface area contributed by atoms with E-state index in [1.165, 1.54) is 0 Å². The zero-order valence-corrected chi connectivity index (χ0v) is 8.52. The number of carbonyl (C=O) groups excluding carboxylic acids is 1. The van der Waals surface area contributed by atoms with Gasteiger partial charge < -0.3 is 9.47 Å². The lowest BCUT2D eigenvalue weighted by molar-refractivity contribution is -0.146. The summed E-state index contributed by atoms with van der Waals surface area (Å²) < 4.78 is 10.3. The summed E-state index contributed by atoms with van der Waals surface area (Å²) in [4.78, 5) is 11.5. The maximum absolute atomic E-state index is 11.5. The summed E-state index contributed by atoms with van der Waals surface area (Å²) >= 11 is 0. The van der Waals surface area contributed by atoms with Gasteiger partial charge in [-0.15, -0.1) is 0 Å². The summed E-state index contributed by atoms with van der Waals surface area (Å²) in [6.45, 7) is 1.44. The van der Waals surface area contributed by atoms with Gasteiger partial charge in [-0.05, 0) is 5.56 Å². The molecule has 0 unspecified atom stereocenters. The first-order valence-corrected chi connectivity index (χ1v) is 5.09. The number of carbonyl (C=O) groups is 1. The van der Waals surface area contributed by atoms with Gasteiger partial charge in [0.15, 0.2) is 5.78 Å². The van der Waals surface area contributed by atoms with Crippen molar-refractivity contribution in [2.24, 2.45) is 0 Å². The van der Waals surface area contributed by atoms with Crippen molar-refractivity contribution < 1.29 is 14.3 Å². The average Bonchev–Trinajstić information content (AvgIpc) is 2.17. The van der Waals surface area contributed by atoms with Crippen LogP contribution in [-0.4, -0.2) is 31.7 Å². The van der Waals surface area contributed by atoms with E-state index in [9.17, 15) is 4.79 Å². The summed E-state index contributed by atoms with van der Waals surface area (Å²) in [6, 6.07) is 9.71. The van der Waals surface area contributed by atoms with Crippen molar-refractivity contribution in [2.75, 3.05) is 19.8 Å². The third-order valence-electron chi connectivity index (χ3n) is 2.33. The monoisotopic (exact) mass is 206 g/mol. The van der Waals surface area contributed by atoms with E-state index in [1.807, 2.05) is 30.3 Å². The lowest BCUT2D eigenvalue weighted by atomic mass is 10.1. The highest BCUT2D eigenvalue weighted by Gasteiger charge is 2.19. The van der Waals surface area contributed by atoms with E-state index in [2.05, 4.69) is 0 Å². The molecule has 80 valence electrons. The maximum Gasteiger partial charge on any atom is 0.162 e. The topological polar surface area (TPSA) is 35.5 Å². The van der Waals surface area contributed by atoms with Gasteiger partial charge in [-0.1, -0.05) is 30.3 Å². The standard InChI is InChI=1S/C12H14O3/c13-11(7-15-12-8-14-9-12)6-10-4-2-1-3-5-10/h1-5,12H,6-9H2. The molecule has 0 atom stereocenters. The van der Waals surface area contributed by atoms with E-state index in [4.69, 9.17) is 9.47 Å². The molecule has 3 heteroatoms. The molecule has 2 rings (SSSR count). The van der Waals surface area contributed by atoms with Gasteiger partial charge in [-0.2, -0.15) is 0 Å². The highest BCUT2D eigenvalue weighted by Crippen LogP contribution is 2.06. The second kappa shape index (κ2) is 5.05. The first-order chi connectivity index (χ1) is 7.34. The van der Waals surface area contributed by atoms with E-state index >= 15 is 0 Å². The largest absolute Gasteiger partial charge is 0.376 e. The number of hydrogen-bond donors (Lipinski definition) is 0. The van der Waals surface area contributed by atoms with Gasteiger partial charge in [0.05, 0.1) is 13.2 Å². The molecule has 1 saturated heterocycles. The fourth-order valence-electron chi connectivity index (χ4n) is 1.40. The van der Waals surface area contributed by atoms with Gasteiger partial charge in [0.1, 0.15) is 12.7 Å². The zero-order valence-electron chi connectivity index (χ0n) is 8.52. The number of ketones is 1. The second-order valence-corrected chi connectivity index (χ2v) is 3.67. The van der Waals surface area contributed by atoms with E-state index < -0.39 is 0 Å². The molecular weight excluding hydrogens is 192 g/mol. The quantitative estimate of drug-likeness (QED) is 0.726. The summed E-state index contributed by atoms with van der Waals surface area (Å²) in [5.74, 6) is 0.119. The van der Waals surface area contributed by atoms with Crippen molar-refractivity contribution in [1.82, 2.24) is 0 Å². The third-order valence-corrected chi connectivity index (χ3v) is 2.33. The molecule has 0 aliphatic carbocycles. The smallest absolute Gasteiger partial charge is 0.162 e. The van der Waals surface area contributed by atoms with E-state index in [-0.39, 0.29) is 18.5 Å². The van der Waals surface area contributed by atoms with Crippen LogP contribution >= 0.6 is 0 Å². The summed E-state index contributed by atoms with van der Waals surface area (Å²) in [5, 5.41) is 0. The molecule has 0 N–H and O–H groups in total. The normalized spacial score (nSPS) is 16.0. The van der Waals surface area contributed by atoms with Gasteiger partial charge in [-0.25, -0.2) is 0 Å². The molecule has 0 amide bonds. The summed E-state index contributed by atoms with van der Waals surface area (Å²) in [5.41, 5.74) is 1.04. The van der Waals surface area contributed by atoms with Crippen LogP contribution in [-0.2, 0) is 20.7 Å². The highest BCUT2D eigenvalue weighted by molar-refractivity contribution is 5.82. The first-order valence-electron chi connectivity index (χ1n) is 5.09. The molecule has 0 radical (unpaired) electrons. The van der Waals surface area contributed by atoms with Crippen molar-refractivity contribution in [2.45, 2.75) is 12.5 Å². The number of benzene rings is 1. The Labute approximate surface area is 89.0 Å². The molecular formula is C12H14O3. The molecule has 1 fully saturated rings. The summed E-state index contributed by atoms with van der Waals surface area (Å²) in [6.07, 6.45) is 0.582. The minimum Gasteiger partial charge on any atom is -0.376 e. The molecule has 1 aliphatic rings. The minimum absolute atomic E-state index is 0.119. The van der Waals surface area contributed by atoms with Crippen LogP contribution in [0.3, 0.4) is 0 Å². The molecule has 3 nitrogen and oxygen atoms in total. The summed E-state index contributed by atoms with van der Waals surface area (Å²) in [7, 11) is 0. The highest BCUT2D eigenvalue weighted by atomic mass is 16.6. The fourth-order valence-corrected chi connectivity index (χ4v) is 1.40. The lowest BCUT2D eigenvalue weighted by Crippen LogP contribution is -2.37. The second-order valence-electron chi connectivity index (χ2n) is 3.67. The first kappa shape index (κ1) is 10.3. The van der Waals surface area contributed by atoms with Gasteiger partial charge in [-0.3, -0.25) is 4.79 Å². The van der Waals surface area contributed by atoms with Crippen LogP contribution in [0.15, 0.2) is 30.3 Å². The lowest BCUT2D eigenvalue weighted by Gasteiger charge is -2.25. The molecule has 0 spiro atoms. The molecule has 1 aromatic carbocycles. The number of rotatable bonds is 5.